The van der Waals surface area contributed by atoms with Gasteiger partial charge in [0.25, 0.3) is 5.69 Å². The second-order valence-corrected chi connectivity index (χ2v) is 7.16. The Kier molecular flexibility index (Phi) is 4.43. The Hall–Kier alpha value is -2.53. The van der Waals surface area contributed by atoms with Crippen molar-refractivity contribution in [2.24, 2.45) is 4.99 Å². The van der Waals surface area contributed by atoms with Crippen LogP contribution in [0.1, 0.15) is 41.8 Å². The number of carbonyl (C=O) groups is 1. The largest absolute Gasteiger partial charge is 0.293 e. The molecule has 0 bridgehead atoms. The lowest BCUT2D eigenvalue weighted by Gasteiger charge is -2.29. The van der Waals surface area contributed by atoms with E-state index in [0.29, 0.717) is 10.7 Å². The lowest BCUT2D eigenvalue weighted by molar-refractivity contribution is -0.385. The third-order valence-corrected chi connectivity index (χ3v) is 4.40. The number of Topliss-reactive ketones (excluding diaryl/α,β-unsaturated/α-hetero) is 1. The fraction of sp³-hybridized carbons (Fsp3) is 0.263. The van der Waals surface area contributed by atoms with Gasteiger partial charge in [-0.05, 0) is 49.6 Å². The van der Waals surface area contributed by atoms with Gasteiger partial charge in [0, 0.05) is 11.1 Å². The molecular formula is C19H17ClN2O3. The van der Waals surface area contributed by atoms with Crippen molar-refractivity contribution in [3.8, 4) is 0 Å². The van der Waals surface area contributed by atoms with Crippen LogP contribution in [-0.2, 0) is 6.42 Å². The Balaban J connectivity index is 1.99. The van der Waals surface area contributed by atoms with Crippen LogP contribution in [-0.4, -0.2) is 22.0 Å². The molecule has 0 atom stereocenters. The number of hydrogen-bond donors (Lipinski definition) is 0. The Morgan fingerprint density at radius 2 is 2.00 bits per heavy atom. The Labute approximate surface area is 150 Å². The topological polar surface area (TPSA) is 72.6 Å². The monoisotopic (exact) mass is 356 g/mol. The molecule has 0 N–H and O–H groups in total. The van der Waals surface area contributed by atoms with Crippen LogP contribution in [0.5, 0.6) is 0 Å². The summed E-state index contributed by atoms with van der Waals surface area (Å²) in [5.41, 5.74) is 2.14. The van der Waals surface area contributed by atoms with Crippen molar-refractivity contribution in [2.45, 2.75) is 32.2 Å². The standard InChI is InChI=1S/C19H17ClN2O3/c1-19(2)11-12-9-13(20)7-8-14(12)16(21-19)10-18(23)15-5-3-4-6-17(15)22(24)25/h3-9H,10-11H2,1-2H3. The zero-order valence-electron chi connectivity index (χ0n) is 14.0. The fourth-order valence-corrected chi connectivity index (χ4v) is 3.37. The molecule has 6 heteroatoms. The van der Waals surface area contributed by atoms with Crippen molar-refractivity contribution in [1.82, 2.24) is 0 Å². The molecule has 0 saturated carbocycles. The van der Waals surface area contributed by atoms with E-state index in [1.807, 2.05) is 26.0 Å². The number of hydrogen-bond acceptors (Lipinski definition) is 4. The van der Waals surface area contributed by atoms with Crippen LogP contribution in [0.25, 0.3) is 0 Å². The van der Waals surface area contributed by atoms with Crippen LogP contribution in [0.4, 0.5) is 5.69 Å². The van der Waals surface area contributed by atoms with Crippen molar-refractivity contribution in [3.05, 3.63) is 74.3 Å². The number of nitro groups is 1. The first-order valence-electron chi connectivity index (χ1n) is 7.91. The maximum absolute atomic E-state index is 12.7. The zero-order valence-corrected chi connectivity index (χ0v) is 14.7. The molecule has 1 aliphatic heterocycles. The summed E-state index contributed by atoms with van der Waals surface area (Å²) in [4.78, 5) is 28.1. The first-order chi connectivity index (χ1) is 11.8. The minimum absolute atomic E-state index is 0.0168. The summed E-state index contributed by atoms with van der Waals surface area (Å²) < 4.78 is 0. The van der Waals surface area contributed by atoms with Crippen LogP contribution in [0, 0.1) is 10.1 Å². The lowest BCUT2D eigenvalue weighted by Crippen LogP contribution is -2.30. The number of nitrogens with zero attached hydrogens (tertiary/aromatic N) is 2. The number of para-hydroxylation sites is 1. The predicted octanol–water partition coefficient (Wildman–Crippen LogP) is 4.65. The van der Waals surface area contributed by atoms with Gasteiger partial charge in [0.15, 0.2) is 5.78 Å². The molecule has 0 aliphatic carbocycles. The summed E-state index contributed by atoms with van der Waals surface area (Å²) in [7, 11) is 0. The van der Waals surface area contributed by atoms with Crippen LogP contribution in [0.15, 0.2) is 47.5 Å². The number of benzene rings is 2. The van der Waals surface area contributed by atoms with Crippen LogP contribution >= 0.6 is 11.6 Å². The Morgan fingerprint density at radius 1 is 1.28 bits per heavy atom. The van der Waals surface area contributed by atoms with E-state index in [-0.39, 0.29) is 29.0 Å². The van der Waals surface area contributed by atoms with Gasteiger partial charge in [0.05, 0.1) is 28.2 Å². The molecule has 1 aliphatic rings. The molecule has 0 amide bonds. The van der Waals surface area contributed by atoms with Gasteiger partial charge >= 0.3 is 0 Å². The van der Waals surface area contributed by atoms with Gasteiger partial charge in [-0.15, -0.1) is 0 Å². The van der Waals surface area contributed by atoms with E-state index in [2.05, 4.69) is 0 Å². The van der Waals surface area contributed by atoms with Gasteiger partial charge in [0.2, 0.25) is 0 Å². The highest BCUT2D eigenvalue weighted by atomic mass is 35.5. The summed E-state index contributed by atoms with van der Waals surface area (Å²) in [6.45, 7) is 3.98. The first-order valence-corrected chi connectivity index (χ1v) is 8.29. The van der Waals surface area contributed by atoms with E-state index in [0.717, 1.165) is 17.5 Å². The summed E-state index contributed by atoms with van der Waals surface area (Å²) in [6, 6.07) is 11.5. The molecule has 128 valence electrons. The average Bonchev–Trinajstić information content (AvgIpc) is 2.53. The molecule has 0 fully saturated rings. The van der Waals surface area contributed by atoms with Gasteiger partial charge < -0.3 is 0 Å². The highest BCUT2D eigenvalue weighted by Gasteiger charge is 2.29. The number of rotatable bonds is 4. The van der Waals surface area contributed by atoms with Crippen LogP contribution in [0.2, 0.25) is 5.02 Å². The molecule has 0 saturated heterocycles. The average molecular weight is 357 g/mol. The maximum atomic E-state index is 12.7. The van der Waals surface area contributed by atoms with E-state index < -0.39 is 4.92 Å². The van der Waals surface area contributed by atoms with Crippen molar-refractivity contribution in [2.75, 3.05) is 0 Å². The molecule has 0 spiro atoms. The number of fused-ring (bicyclic) bond motifs is 1. The molecule has 25 heavy (non-hydrogen) atoms. The number of aliphatic imine (C=N–C) groups is 1. The van der Waals surface area contributed by atoms with Crippen molar-refractivity contribution in [1.29, 1.82) is 0 Å². The maximum Gasteiger partial charge on any atom is 0.280 e. The lowest BCUT2D eigenvalue weighted by atomic mass is 9.85. The second kappa shape index (κ2) is 6.41. The van der Waals surface area contributed by atoms with Crippen LogP contribution in [0.3, 0.4) is 0 Å². The van der Waals surface area contributed by atoms with E-state index in [1.54, 1.807) is 18.2 Å². The third-order valence-electron chi connectivity index (χ3n) is 4.17. The van der Waals surface area contributed by atoms with E-state index >= 15 is 0 Å². The van der Waals surface area contributed by atoms with Crippen molar-refractivity contribution < 1.29 is 9.72 Å². The molecule has 5 nitrogen and oxygen atoms in total. The smallest absolute Gasteiger partial charge is 0.280 e. The number of halogens is 1. The molecule has 3 rings (SSSR count). The molecule has 2 aromatic rings. The Morgan fingerprint density at radius 3 is 2.72 bits per heavy atom. The predicted molar refractivity (Wildman–Crippen MR) is 97.8 cm³/mol. The zero-order chi connectivity index (χ0) is 18.2. The molecule has 0 radical (unpaired) electrons. The highest BCUT2D eigenvalue weighted by Crippen LogP contribution is 2.31. The van der Waals surface area contributed by atoms with Gasteiger partial charge in [-0.25, -0.2) is 0 Å². The van der Waals surface area contributed by atoms with E-state index in [9.17, 15) is 14.9 Å². The molecule has 0 unspecified atom stereocenters. The first kappa shape index (κ1) is 17.3. The van der Waals surface area contributed by atoms with Gasteiger partial charge in [-0.3, -0.25) is 19.9 Å². The molecular weight excluding hydrogens is 340 g/mol. The molecule has 0 aromatic heterocycles. The summed E-state index contributed by atoms with van der Waals surface area (Å²) in [5, 5.41) is 11.8. The second-order valence-electron chi connectivity index (χ2n) is 6.72. The summed E-state index contributed by atoms with van der Waals surface area (Å²) in [6.07, 6.45) is 0.745. The van der Waals surface area contributed by atoms with E-state index in [1.165, 1.54) is 12.1 Å². The minimum Gasteiger partial charge on any atom is -0.293 e. The molecule has 1 heterocycles. The molecule has 2 aromatic carbocycles. The highest BCUT2D eigenvalue weighted by molar-refractivity contribution is 6.31. The van der Waals surface area contributed by atoms with Gasteiger partial charge in [-0.1, -0.05) is 29.8 Å². The minimum atomic E-state index is -0.534. The quantitative estimate of drug-likeness (QED) is 0.455. The third kappa shape index (κ3) is 3.61. The fourth-order valence-electron chi connectivity index (χ4n) is 3.17. The summed E-state index contributed by atoms with van der Waals surface area (Å²) >= 11 is 6.09. The number of ketones is 1. The van der Waals surface area contributed by atoms with Gasteiger partial charge in [0.1, 0.15) is 0 Å². The van der Waals surface area contributed by atoms with E-state index in [4.69, 9.17) is 16.6 Å². The van der Waals surface area contributed by atoms with Crippen molar-refractivity contribution in [3.63, 3.8) is 0 Å². The summed E-state index contributed by atoms with van der Waals surface area (Å²) in [5.74, 6) is -0.315. The number of nitro benzene ring substituents is 1. The van der Waals surface area contributed by atoms with Gasteiger partial charge in [-0.2, -0.15) is 0 Å². The van der Waals surface area contributed by atoms with Crippen molar-refractivity contribution >= 4 is 28.8 Å². The number of carbonyl (C=O) groups excluding carboxylic acids is 1. The van der Waals surface area contributed by atoms with Crippen LogP contribution < -0.4 is 0 Å². The normalized spacial score (nSPS) is 15.2. The Bertz CT molecular complexity index is 903. The SMILES string of the molecule is CC1(C)Cc2cc(Cl)ccc2C(CC(=O)c2ccccc2[N+](=O)[O-])=N1.